The van der Waals surface area contributed by atoms with E-state index in [0.717, 1.165) is 35.0 Å². The number of hydrogen-bond donors (Lipinski definition) is 1. The van der Waals surface area contributed by atoms with E-state index in [1.807, 2.05) is 35.7 Å². The molecule has 5 nitrogen and oxygen atoms in total. The van der Waals surface area contributed by atoms with E-state index in [2.05, 4.69) is 10.2 Å². The molecule has 0 aliphatic carbocycles. The van der Waals surface area contributed by atoms with Gasteiger partial charge in [-0.15, -0.1) is 22.7 Å². The van der Waals surface area contributed by atoms with E-state index < -0.39 is 5.97 Å². The van der Waals surface area contributed by atoms with Crippen molar-refractivity contribution < 1.29 is 14.3 Å². The largest absolute Gasteiger partial charge is 0.462 e. The van der Waals surface area contributed by atoms with E-state index in [4.69, 9.17) is 4.74 Å². The number of rotatable bonds is 7. The molecule has 1 N–H and O–H groups in total. The number of esters is 1. The van der Waals surface area contributed by atoms with Gasteiger partial charge in [-0.3, -0.25) is 9.69 Å². The number of anilines is 1. The molecule has 0 spiro atoms. The van der Waals surface area contributed by atoms with Crippen molar-refractivity contribution in [1.29, 1.82) is 0 Å². The van der Waals surface area contributed by atoms with Crippen LogP contribution in [0, 0.1) is 0 Å². The van der Waals surface area contributed by atoms with Crippen LogP contribution < -0.4 is 5.32 Å². The molecule has 3 heterocycles. The lowest BCUT2D eigenvalue weighted by Crippen LogP contribution is -2.28. The van der Waals surface area contributed by atoms with Crippen molar-refractivity contribution in [3.8, 4) is 10.4 Å². The maximum absolute atomic E-state index is 13.0. The fourth-order valence-corrected chi connectivity index (χ4v) is 5.95. The smallest absolute Gasteiger partial charge is 0.341 e. The number of amides is 1. The summed E-state index contributed by atoms with van der Waals surface area (Å²) in [6, 6.07) is 13.1. The molecule has 1 aliphatic rings. The molecule has 1 amide bonds. The van der Waals surface area contributed by atoms with Crippen LogP contribution in [-0.4, -0.2) is 36.5 Å². The van der Waals surface area contributed by atoms with Gasteiger partial charge < -0.3 is 10.1 Å². The first kappa shape index (κ1) is 21.7. The first-order chi connectivity index (χ1) is 15.2. The van der Waals surface area contributed by atoms with Crippen molar-refractivity contribution in [2.24, 2.45) is 0 Å². The van der Waals surface area contributed by atoms with Crippen LogP contribution in [-0.2, 0) is 11.3 Å². The van der Waals surface area contributed by atoms with Gasteiger partial charge in [-0.2, -0.15) is 0 Å². The fraction of sp³-hybridized carbons (Fsp3) is 0.333. The zero-order chi connectivity index (χ0) is 21.6. The Morgan fingerprint density at radius 1 is 1.06 bits per heavy atom. The Balaban J connectivity index is 1.76. The number of thiophene rings is 2. The molecule has 1 aromatic carbocycles. The number of benzene rings is 1. The van der Waals surface area contributed by atoms with Gasteiger partial charge in [0.2, 0.25) is 0 Å². The fourth-order valence-electron chi connectivity index (χ4n) is 3.84. The van der Waals surface area contributed by atoms with Crippen molar-refractivity contribution in [3.05, 3.63) is 63.8 Å². The van der Waals surface area contributed by atoms with E-state index >= 15 is 0 Å². The van der Waals surface area contributed by atoms with Crippen molar-refractivity contribution in [3.63, 3.8) is 0 Å². The number of hydrogen-bond acceptors (Lipinski definition) is 6. The van der Waals surface area contributed by atoms with Crippen molar-refractivity contribution in [2.75, 3.05) is 25.0 Å². The monoisotopic (exact) mass is 454 g/mol. The van der Waals surface area contributed by atoms with Gasteiger partial charge in [0.05, 0.1) is 6.61 Å². The molecule has 1 saturated heterocycles. The lowest BCUT2D eigenvalue weighted by Gasteiger charge is -2.26. The summed E-state index contributed by atoms with van der Waals surface area (Å²) < 4.78 is 5.41. The Hall–Kier alpha value is -2.48. The van der Waals surface area contributed by atoms with Crippen LogP contribution in [0.1, 0.15) is 51.8 Å². The highest BCUT2D eigenvalue weighted by molar-refractivity contribution is 7.18. The molecule has 2 aromatic heterocycles. The predicted octanol–water partition coefficient (Wildman–Crippen LogP) is 5.89. The Kier molecular flexibility index (Phi) is 7.17. The van der Waals surface area contributed by atoms with Gasteiger partial charge in [0.25, 0.3) is 5.91 Å². The summed E-state index contributed by atoms with van der Waals surface area (Å²) in [5.74, 6) is -0.620. The summed E-state index contributed by atoms with van der Waals surface area (Å²) in [5, 5.41) is 5.56. The van der Waals surface area contributed by atoms with Crippen LogP contribution in [0.5, 0.6) is 0 Å². The van der Waals surface area contributed by atoms with Gasteiger partial charge in [0.15, 0.2) is 0 Å². The van der Waals surface area contributed by atoms with Gasteiger partial charge in [-0.05, 0) is 56.4 Å². The molecule has 0 saturated carbocycles. The highest BCUT2D eigenvalue weighted by Gasteiger charge is 2.28. The van der Waals surface area contributed by atoms with Crippen LogP contribution in [0.4, 0.5) is 5.00 Å². The molecular weight excluding hydrogens is 428 g/mol. The number of nitrogens with one attached hydrogen (secondary N) is 1. The van der Waals surface area contributed by atoms with Gasteiger partial charge in [0.1, 0.15) is 10.6 Å². The summed E-state index contributed by atoms with van der Waals surface area (Å²) in [4.78, 5) is 30.5. The summed E-state index contributed by atoms with van der Waals surface area (Å²) >= 11 is 3.09. The summed E-state index contributed by atoms with van der Waals surface area (Å²) in [6.07, 6.45) is 3.66. The van der Waals surface area contributed by atoms with Crippen LogP contribution in [0.2, 0.25) is 0 Å². The van der Waals surface area contributed by atoms with Gasteiger partial charge >= 0.3 is 5.97 Å². The predicted molar refractivity (Wildman–Crippen MR) is 127 cm³/mol. The third kappa shape index (κ3) is 5.06. The molecule has 0 bridgehead atoms. The van der Waals surface area contributed by atoms with Gasteiger partial charge in [-0.1, -0.05) is 30.7 Å². The van der Waals surface area contributed by atoms with E-state index in [0.29, 0.717) is 16.1 Å². The van der Waals surface area contributed by atoms with Crippen LogP contribution in [0.15, 0.2) is 47.8 Å². The highest BCUT2D eigenvalue weighted by Crippen LogP contribution is 2.43. The van der Waals surface area contributed by atoms with Gasteiger partial charge in [-0.25, -0.2) is 4.79 Å². The SMILES string of the molecule is CCOC(=O)c1c(NC(=O)c2ccccc2)sc(CN2CCCCC2)c1-c1cccs1. The third-order valence-corrected chi connectivity index (χ3v) is 7.28. The maximum Gasteiger partial charge on any atom is 0.341 e. The number of ether oxygens (including phenoxy) is 1. The Morgan fingerprint density at radius 2 is 1.84 bits per heavy atom. The molecule has 1 aliphatic heterocycles. The second kappa shape index (κ2) is 10.2. The zero-order valence-corrected chi connectivity index (χ0v) is 19.2. The number of likely N-dealkylation sites (tertiary alicyclic amines) is 1. The molecule has 0 unspecified atom stereocenters. The molecule has 4 rings (SSSR count). The Labute approximate surface area is 190 Å². The molecule has 162 valence electrons. The first-order valence-electron chi connectivity index (χ1n) is 10.6. The minimum atomic E-state index is -0.393. The van der Waals surface area contributed by atoms with Crippen LogP contribution in [0.25, 0.3) is 10.4 Å². The van der Waals surface area contributed by atoms with E-state index in [9.17, 15) is 9.59 Å². The van der Waals surface area contributed by atoms with Crippen molar-refractivity contribution in [1.82, 2.24) is 4.90 Å². The lowest BCUT2D eigenvalue weighted by molar-refractivity contribution is 0.0529. The number of carbonyl (C=O) groups excluding carboxylic acids is 2. The minimum absolute atomic E-state index is 0.227. The van der Waals surface area contributed by atoms with Gasteiger partial charge in [0, 0.05) is 27.4 Å². The standard InChI is InChI=1S/C24H26N2O3S2/c1-2-29-24(28)21-20(18-12-9-15-30-18)19(16-26-13-7-4-8-14-26)31-23(21)25-22(27)17-10-5-3-6-11-17/h3,5-6,9-12,15H,2,4,7-8,13-14,16H2,1H3,(H,25,27). The number of carbonyl (C=O) groups is 2. The molecule has 1 fully saturated rings. The molecule has 31 heavy (non-hydrogen) atoms. The summed E-state index contributed by atoms with van der Waals surface area (Å²) in [7, 11) is 0. The van der Waals surface area contributed by atoms with E-state index in [1.165, 1.54) is 30.6 Å². The molecule has 0 atom stereocenters. The normalized spacial score (nSPS) is 14.4. The molecule has 0 radical (unpaired) electrons. The zero-order valence-electron chi connectivity index (χ0n) is 17.6. The molecular formula is C24H26N2O3S2. The van der Waals surface area contributed by atoms with E-state index in [1.54, 1.807) is 30.4 Å². The van der Waals surface area contributed by atoms with Crippen molar-refractivity contribution >= 4 is 39.6 Å². The maximum atomic E-state index is 13.0. The van der Waals surface area contributed by atoms with Crippen molar-refractivity contribution in [2.45, 2.75) is 32.7 Å². The highest BCUT2D eigenvalue weighted by atomic mass is 32.1. The minimum Gasteiger partial charge on any atom is -0.462 e. The average molecular weight is 455 g/mol. The summed E-state index contributed by atoms with van der Waals surface area (Å²) in [5.41, 5.74) is 1.92. The quantitative estimate of drug-likeness (QED) is 0.452. The molecule has 3 aromatic rings. The van der Waals surface area contributed by atoms with E-state index in [-0.39, 0.29) is 12.5 Å². The first-order valence-corrected chi connectivity index (χ1v) is 12.3. The Morgan fingerprint density at radius 3 is 2.52 bits per heavy atom. The Bertz CT molecular complexity index is 1020. The number of nitrogens with zero attached hydrogens (tertiary/aromatic N) is 1. The second-order valence-electron chi connectivity index (χ2n) is 7.46. The second-order valence-corrected chi connectivity index (χ2v) is 9.51. The lowest BCUT2D eigenvalue weighted by atomic mass is 10.1. The molecule has 7 heteroatoms. The number of piperidine rings is 1. The topological polar surface area (TPSA) is 58.6 Å². The summed E-state index contributed by atoms with van der Waals surface area (Å²) in [6.45, 7) is 4.97. The van der Waals surface area contributed by atoms with Crippen LogP contribution in [0.3, 0.4) is 0 Å². The van der Waals surface area contributed by atoms with Crippen LogP contribution >= 0.6 is 22.7 Å². The average Bonchev–Trinajstić information content (AvgIpc) is 3.43. The third-order valence-electron chi connectivity index (χ3n) is 5.31.